The summed E-state index contributed by atoms with van der Waals surface area (Å²) in [6, 6.07) is 1.87. The number of halogens is 4. The lowest BCUT2D eigenvalue weighted by atomic mass is 10.2. The summed E-state index contributed by atoms with van der Waals surface area (Å²) in [5.41, 5.74) is 1.02. The minimum atomic E-state index is -4.08. The van der Waals surface area contributed by atoms with E-state index in [0.29, 0.717) is 30.5 Å². The highest BCUT2D eigenvalue weighted by molar-refractivity contribution is 6.30. The van der Waals surface area contributed by atoms with Gasteiger partial charge in [-0.25, -0.2) is 0 Å². The molecule has 1 rings (SSSR count). The number of aryl methyl sites for hydroxylation is 1. The third-order valence-electron chi connectivity index (χ3n) is 3.22. The topological polar surface area (TPSA) is 32.6 Å². The molecule has 0 aromatic carbocycles. The zero-order valence-corrected chi connectivity index (χ0v) is 13.8. The Kier molecular flexibility index (Phi) is 7.06. The summed E-state index contributed by atoms with van der Waals surface area (Å²) in [5.74, 6) is 0.643. The average molecular weight is 339 g/mol. The first kappa shape index (κ1) is 18.7. The first-order valence-corrected chi connectivity index (χ1v) is 7.40. The molecule has 1 heterocycles. The summed E-state index contributed by atoms with van der Waals surface area (Å²) < 4.78 is 38.1. The van der Waals surface area contributed by atoms with Gasteiger partial charge in [-0.3, -0.25) is 4.99 Å². The van der Waals surface area contributed by atoms with E-state index in [4.69, 9.17) is 11.6 Å². The summed E-state index contributed by atoms with van der Waals surface area (Å²) in [5, 5.41) is 3.74. The number of rotatable bonds is 6. The number of aliphatic imine (C=N–C) groups is 1. The van der Waals surface area contributed by atoms with Crippen molar-refractivity contribution in [3.63, 3.8) is 0 Å². The Morgan fingerprint density at radius 1 is 1.41 bits per heavy atom. The van der Waals surface area contributed by atoms with Gasteiger partial charge in [0.05, 0.1) is 11.6 Å². The fourth-order valence-corrected chi connectivity index (χ4v) is 2.35. The van der Waals surface area contributed by atoms with Crippen LogP contribution in [0.4, 0.5) is 13.2 Å². The maximum Gasteiger partial charge on any atom is 0.389 e. The molecule has 0 atom stereocenters. The average Bonchev–Trinajstić information content (AvgIpc) is 2.70. The highest BCUT2D eigenvalue weighted by atomic mass is 35.5. The van der Waals surface area contributed by atoms with Crippen LogP contribution in [0.25, 0.3) is 0 Å². The fraction of sp³-hybridized carbons (Fsp3) is 0.643. The third kappa shape index (κ3) is 6.60. The van der Waals surface area contributed by atoms with Crippen LogP contribution < -0.4 is 5.32 Å². The number of guanidine groups is 1. The maximum atomic E-state index is 12.1. The van der Waals surface area contributed by atoms with Crippen LogP contribution in [0.3, 0.4) is 0 Å². The van der Waals surface area contributed by atoms with Gasteiger partial charge >= 0.3 is 6.18 Å². The van der Waals surface area contributed by atoms with Crippen molar-refractivity contribution in [2.45, 2.75) is 32.0 Å². The predicted octanol–water partition coefficient (Wildman–Crippen LogP) is 3.42. The zero-order valence-electron chi connectivity index (χ0n) is 13.0. The van der Waals surface area contributed by atoms with E-state index in [1.54, 1.807) is 7.05 Å². The Bertz CT molecular complexity index is 497. The lowest BCUT2D eigenvalue weighted by Crippen LogP contribution is -2.39. The van der Waals surface area contributed by atoms with Gasteiger partial charge in [0.1, 0.15) is 0 Å². The Morgan fingerprint density at radius 3 is 2.59 bits per heavy atom. The molecule has 0 saturated carbocycles. The van der Waals surface area contributed by atoms with Crippen LogP contribution in [-0.2, 0) is 13.6 Å². The van der Waals surface area contributed by atoms with Crippen molar-refractivity contribution >= 4 is 17.6 Å². The van der Waals surface area contributed by atoms with E-state index < -0.39 is 12.6 Å². The highest BCUT2D eigenvalue weighted by Gasteiger charge is 2.25. The van der Waals surface area contributed by atoms with Crippen molar-refractivity contribution in [3.05, 3.63) is 23.0 Å². The fourth-order valence-electron chi connectivity index (χ4n) is 2.08. The molecule has 8 heteroatoms. The Hall–Kier alpha value is -1.37. The summed E-state index contributed by atoms with van der Waals surface area (Å²) in [4.78, 5) is 6.03. The number of hydrogen-bond acceptors (Lipinski definition) is 1. The highest BCUT2D eigenvalue weighted by Crippen LogP contribution is 2.21. The van der Waals surface area contributed by atoms with Crippen LogP contribution in [0.5, 0.6) is 0 Å². The predicted molar refractivity (Wildman–Crippen MR) is 83.2 cm³/mol. The first-order valence-electron chi connectivity index (χ1n) is 7.02. The van der Waals surface area contributed by atoms with Crippen LogP contribution >= 0.6 is 11.6 Å². The normalized spacial score (nSPS) is 12.6. The molecule has 1 N–H and O–H groups in total. The van der Waals surface area contributed by atoms with Crippen LogP contribution in [0.1, 0.15) is 25.0 Å². The summed E-state index contributed by atoms with van der Waals surface area (Å²) in [6.45, 7) is 1.06. The van der Waals surface area contributed by atoms with Gasteiger partial charge in [-0.2, -0.15) is 13.2 Å². The molecule has 0 fully saturated rings. The molecule has 0 spiro atoms. The molecule has 0 aliphatic rings. The molecule has 4 nitrogen and oxygen atoms in total. The summed E-state index contributed by atoms with van der Waals surface area (Å²) in [7, 11) is 5.42. The SMILES string of the molecule is CN=C(NCCCCC(F)(F)F)N(C)Cc1cc(Cl)cn1C. The van der Waals surface area contributed by atoms with Gasteiger partial charge in [-0.05, 0) is 18.9 Å². The van der Waals surface area contributed by atoms with Crippen LogP contribution in [-0.4, -0.2) is 42.2 Å². The van der Waals surface area contributed by atoms with Gasteiger partial charge < -0.3 is 14.8 Å². The third-order valence-corrected chi connectivity index (χ3v) is 3.42. The van der Waals surface area contributed by atoms with Gasteiger partial charge in [0.25, 0.3) is 0 Å². The molecular weight excluding hydrogens is 317 g/mol. The Balaban J connectivity index is 2.39. The quantitative estimate of drug-likeness (QED) is 0.490. The van der Waals surface area contributed by atoms with Crippen molar-refractivity contribution in [1.29, 1.82) is 0 Å². The molecule has 0 aliphatic carbocycles. The molecule has 0 saturated heterocycles. The smallest absolute Gasteiger partial charge is 0.356 e. The van der Waals surface area contributed by atoms with Gasteiger partial charge in [0.15, 0.2) is 5.96 Å². The van der Waals surface area contributed by atoms with Crippen LogP contribution in [0.15, 0.2) is 17.3 Å². The second-order valence-electron chi connectivity index (χ2n) is 5.16. The second-order valence-corrected chi connectivity index (χ2v) is 5.60. The molecule has 0 unspecified atom stereocenters. The lowest BCUT2D eigenvalue weighted by Gasteiger charge is -2.22. The van der Waals surface area contributed by atoms with E-state index >= 15 is 0 Å². The second kappa shape index (κ2) is 8.31. The van der Waals surface area contributed by atoms with E-state index in [-0.39, 0.29) is 6.42 Å². The van der Waals surface area contributed by atoms with Gasteiger partial charge in [-0.1, -0.05) is 11.6 Å². The number of hydrogen-bond donors (Lipinski definition) is 1. The van der Waals surface area contributed by atoms with E-state index in [9.17, 15) is 13.2 Å². The molecule has 0 bridgehead atoms. The Morgan fingerprint density at radius 2 is 2.09 bits per heavy atom. The van der Waals surface area contributed by atoms with E-state index in [2.05, 4.69) is 10.3 Å². The number of unbranched alkanes of at least 4 members (excludes halogenated alkanes) is 1. The molecule has 0 radical (unpaired) electrons. The van der Waals surface area contributed by atoms with E-state index in [0.717, 1.165) is 5.69 Å². The molecular formula is C14H22ClF3N4. The van der Waals surface area contributed by atoms with Crippen molar-refractivity contribution in [3.8, 4) is 0 Å². The van der Waals surface area contributed by atoms with Crippen LogP contribution in [0, 0.1) is 0 Å². The number of nitrogens with one attached hydrogen (secondary N) is 1. The molecule has 1 aromatic heterocycles. The van der Waals surface area contributed by atoms with E-state index in [1.165, 1.54) is 0 Å². The minimum Gasteiger partial charge on any atom is -0.356 e. The van der Waals surface area contributed by atoms with Crippen molar-refractivity contribution in [1.82, 2.24) is 14.8 Å². The van der Waals surface area contributed by atoms with Crippen molar-refractivity contribution in [2.75, 3.05) is 20.6 Å². The molecule has 1 aromatic rings. The minimum absolute atomic E-state index is 0.116. The van der Waals surface area contributed by atoms with Gasteiger partial charge in [0, 0.05) is 46.0 Å². The van der Waals surface area contributed by atoms with E-state index in [1.807, 2.05) is 35.8 Å². The largest absolute Gasteiger partial charge is 0.389 e. The molecule has 0 aliphatic heterocycles. The molecule has 22 heavy (non-hydrogen) atoms. The maximum absolute atomic E-state index is 12.1. The number of alkyl halides is 3. The summed E-state index contributed by atoms with van der Waals surface area (Å²) in [6.07, 6.45) is -2.44. The lowest BCUT2D eigenvalue weighted by molar-refractivity contribution is -0.135. The molecule has 126 valence electrons. The number of nitrogens with zero attached hydrogens (tertiary/aromatic N) is 3. The van der Waals surface area contributed by atoms with Crippen molar-refractivity contribution < 1.29 is 13.2 Å². The zero-order chi connectivity index (χ0) is 16.8. The monoisotopic (exact) mass is 338 g/mol. The standard InChI is InChI=1S/C14H22ClF3N4/c1-19-13(20-7-5-4-6-14(16,17)18)22(3)10-12-8-11(15)9-21(12)2/h8-9H,4-7,10H2,1-3H3,(H,19,20). The van der Waals surface area contributed by atoms with Gasteiger partial charge in [0.2, 0.25) is 0 Å². The first-order chi connectivity index (χ1) is 10.2. The Labute approximate surface area is 134 Å². The van der Waals surface area contributed by atoms with Crippen molar-refractivity contribution in [2.24, 2.45) is 12.0 Å². The molecule has 0 amide bonds. The summed E-state index contributed by atoms with van der Waals surface area (Å²) >= 11 is 5.94. The van der Waals surface area contributed by atoms with Gasteiger partial charge in [-0.15, -0.1) is 0 Å². The van der Waals surface area contributed by atoms with Crippen LogP contribution in [0.2, 0.25) is 5.02 Å². The number of aromatic nitrogens is 1.